The Kier molecular flexibility index (Phi) is 4.14. The molecule has 1 heterocycles. The number of hydrogen-bond acceptors (Lipinski definition) is 2. The quantitative estimate of drug-likeness (QED) is 0.787. The summed E-state index contributed by atoms with van der Waals surface area (Å²) in [5.74, 6) is 0. The van der Waals surface area contributed by atoms with Gasteiger partial charge in [0, 0.05) is 18.6 Å². The molecular formula is C10H22N2O2S. The third-order valence-corrected chi connectivity index (χ3v) is 4.26. The van der Waals surface area contributed by atoms with Crippen LogP contribution >= 0.6 is 0 Å². The normalized spacial score (nSPS) is 21.3. The summed E-state index contributed by atoms with van der Waals surface area (Å²) >= 11 is 0. The van der Waals surface area contributed by atoms with Gasteiger partial charge in [0.05, 0.1) is 0 Å². The van der Waals surface area contributed by atoms with E-state index in [2.05, 4.69) is 4.72 Å². The minimum absolute atomic E-state index is 0.398. The zero-order chi connectivity index (χ0) is 11.5. The van der Waals surface area contributed by atoms with Crippen LogP contribution < -0.4 is 4.72 Å². The van der Waals surface area contributed by atoms with Crippen molar-refractivity contribution in [3.05, 3.63) is 0 Å². The van der Waals surface area contributed by atoms with E-state index >= 15 is 0 Å². The van der Waals surface area contributed by atoms with Crippen molar-refractivity contribution in [3.63, 3.8) is 0 Å². The maximum Gasteiger partial charge on any atom is 0.279 e. The molecule has 5 heteroatoms. The molecular weight excluding hydrogens is 212 g/mol. The Morgan fingerprint density at radius 2 is 1.47 bits per heavy atom. The molecule has 0 bridgehead atoms. The first kappa shape index (κ1) is 12.9. The summed E-state index contributed by atoms with van der Waals surface area (Å²) in [4.78, 5) is 0. The Morgan fingerprint density at radius 3 is 1.87 bits per heavy atom. The third kappa shape index (κ3) is 4.49. The Labute approximate surface area is 93.2 Å². The van der Waals surface area contributed by atoms with Gasteiger partial charge in [-0.1, -0.05) is 12.8 Å². The van der Waals surface area contributed by atoms with E-state index in [1.54, 1.807) is 4.31 Å². The Balaban J connectivity index is 2.67. The van der Waals surface area contributed by atoms with Crippen LogP contribution in [0, 0.1) is 0 Å². The summed E-state index contributed by atoms with van der Waals surface area (Å²) in [6.07, 6.45) is 4.24. The standard InChI is InChI=1S/C10H22N2O2S/c1-10(2,3)11-15(13,14)12-8-6-4-5-7-9-12/h11H,4-9H2,1-3H3. The lowest BCUT2D eigenvalue weighted by Crippen LogP contribution is -2.49. The molecule has 0 radical (unpaired) electrons. The van der Waals surface area contributed by atoms with Gasteiger partial charge in [0.1, 0.15) is 0 Å². The second-order valence-corrected chi connectivity index (χ2v) is 6.84. The lowest BCUT2D eigenvalue weighted by molar-refractivity contribution is 0.393. The minimum Gasteiger partial charge on any atom is -0.197 e. The topological polar surface area (TPSA) is 49.4 Å². The fourth-order valence-corrected chi connectivity index (χ4v) is 3.38. The van der Waals surface area contributed by atoms with E-state index in [9.17, 15) is 8.42 Å². The van der Waals surface area contributed by atoms with Gasteiger partial charge in [-0.3, -0.25) is 0 Å². The highest BCUT2D eigenvalue weighted by atomic mass is 32.2. The van der Waals surface area contributed by atoms with Crippen molar-refractivity contribution >= 4 is 10.2 Å². The van der Waals surface area contributed by atoms with Crippen LogP contribution in [0.3, 0.4) is 0 Å². The fraction of sp³-hybridized carbons (Fsp3) is 1.00. The molecule has 0 aromatic rings. The predicted molar refractivity (Wildman–Crippen MR) is 61.8 cm³/mol. The van der Waals surface area contributed by atoms with Crippen molar-refractivity contribution in [1.82, 2.24) is 9.03 Å². The minimum atomic E-state index is -3.28. The first-order chi connectivity index (χ1) is 6.81. The number of rotatable bonds is 2. The lowest BCUT2D eigenvalue weighted by atomic mass is 10.1. The summed E-state index contributed by atoms with van der Waals surface area (Å²) in [7, 11) is -3.28. The molecule has 0 spiro atoms. The molecule has 1 aliphatic rings. The highest BCUT2D eigenvalue weighted by Gasteiger charge is 2.27. The summed E-state index contributed by atoms with van der Waals surface area (Å²) < 4.78 is 28.2. The monoisotopic (exact) mass is 234 g/mol. The first-order valence-electron chi connectivity index (χ1n) is 5.60. The Hall–Kier alpha value is -0.130. The van der Waals surface area contributed by atoms with Gasteiger partial charge in [-0.25, -0.2) is 0 Å². The highest BCUT2D eigenvalue weighted by Crippen LogP contribution is 2.14. The van der Waals surface area contributed by atoms with Gasteiger partial charge in [0.15, 0.2) is 0 Å². The number of nitrogens with zero attached hydrogens (tertiary/aromatic N) is 1. The second-order valence-electron chi connectivity index (χ2n) is 5.17. The molecule has 1 rings (SSSR count). The molecule has 0 unspecified atom stereocenters. The van der Waals surface area contributed by atoms with Crippen LogP contribution in [0.1, 0.15) is 46.5 Å². The van der Waals surface area contributed by atoms with Gasteiger partial charge in [-0.05, 0) is 33.6 Å². The lowest BCUT2D eigenvalue weighted by Gasteiger charge is -2.26. The summed E-state index contributed by atoms with van der Waals surface area (Å²) in [5, 5.41) is 0. The van der Waals surface area contributed by atoms with E-state index in [0.717, 1.165) is 25.7 Å². The Morgan fingerprint density at radius 1 is 1.00 bits per heavy atom. The molecule has 1 N–H and O–H groups in total. The van der Waals surface area contributed by atoms with E-state index in [-0.39, 0.29) is 0 Å². The zero-order valence-corrected chi connectivity index (χ0v) is 10.7. The maximum atomic E-state index is 12.0. The van der Waals surface area contributed by atoms with E-state index in [1.807, 2.05) is 20.8 Å². The van der Waals surface area contributed by atoms with Crippen molar-refractivity contribution in [3.8, 4) is 0 Å². The molecule has 0 aromatic heterocycles. The molecule has 90 valence electrons. The third-order valence-electron chi connectivity index (χ3n) is 2.34. The summed E-state index contributed by atoms with van der Waals surface area (Å²) in [6, 6.07) is 0. The SMILES string of the molecule is CC(C)(C)NS(=O)(=O)N1CCCCCC1. The molecule has 4 nitrogen and oxygen atoms in total. The van der Waals surface area contributed by atoms with E-state index < -0.39 is 15.7 Å². The van der Waals surface area contributed by atoms with Crippen LogP contribution in [-0.2, 0) is 10.2 Å². The van der Waals surface area contributed by atoms with Crippen LogP contribution in [0.5, 0.6) is 0 Å². The van der Waals surface area contributed by atoms with Crippen molar-refractivity contribution in [1.29, 1.82) is 0 Å². The van der Waals surface area contributed by atoms with Crippen LogP contribution in [0.4, 0.5) is 0 Å². The van der Waals surface area contributed by atoms with Gasteiger partial charge in [0.25, 0.3) is 10.2 Å². The summed E-state index contributed by atoms with van der Waals surface area (Å²) in [6.45, 7) is 6.91. The Bertz CT molecular complexity index is 285. The van der Waals surface area contributed by atoms with Crippen molar-refractivity contribution in [2.45, 2.75) is 52.0 Å². The molecule has 1 saturated heterocycles. The molecule has 1 aliphatic heterocycles. The molecule has 0 aliphatic carbocycles. The van der Waals surface area contributed by atoms with E-state index in [0.29, 0.717) is 13.1 Å². The summed E-state index contributed by atoms with van der Waals surface area (Å²) in [5.41, 5.74) is -0.398. The molecule has 0 amide bonds. The molecule has 0 saturated carbocycles. The second kappa shape index (κ2) is 4.80. The van der Waals surface area contributed by atoms with Gasteiger partial charge in [-0.15, -0.1) is 0 Å². The average molecular weight is 234 g/mol. The molecule has 0 atom stereocenters. The van der Waals surface area contributed by atoms with Gasteiger partial charge < -0.3 is 0 Å². The number of hydrogen-bond donors (Lipinski definition) is 1. The maximum absolute atomic E-state index is 12.0. The predicted octanol–water partition coefficient (Wildman–Crippen LogP) is 1.50. The smallest absolute Gasteiger partial charge is 0.197 e. The van der Waals surface area contributed by atoms with Crippen LogP contribution in [0.25, 0.3) is 0 Å². The van der Waals surface area contributed by atoms with Crippen molar-refractivity contribution < 1.29 is 8.42 Å². The largest absolute Gasteiger partial charge is 0.279 e. The number of nitrogens with one attached hydrogen (secondary N) is 1. The van der Waals surface area contributed by atoms with Crippen LogP contribution in [0.15, 0.2) is 0 Å². The van der Waals surface area contributed by atoms with Crippen molar-refractivity contribution in [2.24, 2.45) is 0 Å². The zero-order valence-electron chi connectivity index (χ0n) is 9.91. The fourth-order valence-electron chi connectivity index (χ4n) is 1.73. The average Bonchev–Trinajstić information content (AvgIpc) is 2.25. The molecule has 1 fully saturated rings. The molecule has 15 heavy (non-hydrogen) atoms. The van der Waals surface area contributed by atoms with Crippen LogP contribution in [0.2, 0.25) is 0 Å². The molecule has 0 aromatic carbocycles. The van der Waals surface area contributed by atoms with E-state index in [4.69, 9.17) is 0 Å². The van der Waals surface area contributed by atoms with E-state index in [1.165, 1.54) is 0 Å². The van der Waals surface area contributed by atoms with Gasteiger partial charge in [0.2, 0.25) is 0 Å². The van der Waals surface area contributed by atoms with Crippen molar-refractivity contribution in [2.75, 3.05) is 13.1 Å². The van der Waals surface area contributed by atoms with Crippen LogP contribution in [-0.4, -0.2) is 31.4 Å². The van der Waals surface area contributed by atoms with Gasteiger partial charge >= 0.3 is 0 Å². The first-order valence-corrected chi connectivity index (χ1v) is 7.04. The highest BCUT2D eigenvalue weighted by molar-refractivity contribution is 7.87. The van der Waals surface area contributed by atoms with Gasteiger partial charge in [-0.2, -0.15) is 17.4 Å².